The molecular formula is C18H26HgN2S2+2. The van der Waals surface area contributed by atoms with Crippen LogP contribution in [0.4, 0.5) is 11.4 Å². The van der Waals surface area contributed by atoms with Gasteiger partial charge in [-0.3, -0.25) is 0 Å². The molecule has 0 N–H and O–H groups in total. The van der Waals surface area contributed by atoms with Gasteiger partial charge in [-0.1, -0.05) is 0 Å². The first kappa shape index (κ1) is 19.3. The van der Waals surface area contributed by atoms with Crippen molar-refractivity contribution in [2.24, 2.45) is 0 Å². The average molecular weight is 535 g/mol. The Morgan fingerprint density at radius 3 is 1.13 bits per heavy atom. The Morgan fingerprint density at radius 2 is 0.870 bits per heavy atom. The van der Waals surface area contributed by atoms with Crippen molar-refractivity contribution in [1.82, 2.24) is 8.97 Å². The molecule has 2 rings (SSSR count). The summed E-state index contributed by atoms with van der Waals surface area (Å²) in [4.78, 5) is 2.86. The van der Waals surface area contributed by atoms with E-state index in [1.807, 2.05) is 0 Å². The number of hydrogen-bond donors (Lipinski definition) is 0. The first-order chi connectivity index (χ1) is 10.7. The normalized spacial score (nSPS) is 12.1. The summed E-state index contributed by atoms with van der Waals surface area (Å²) in [5.41, 5.74) is 2.71. The minimum absolute atomic E-state index is 0.878. The summed E-state index contributed by atoms with van der Waals surface area (Å²) < 4.78 is 1.76. The second kappa shape index (κ2) is 7.92. The van der Waals surface area contributed by atoms with Crippen molar-refractivity contribution in [3.8, 4) is 0 Å². The number of quaternary nitrogens is 2. The van der Waals surface area contributed by atoms with Gasteiger partial charge in [0.1, 0.15) is 0 Å². The van der Waals surface area contributed by atoms with Gasteiger partial charge >= 0.3 is 159 Å². The predicted molar refractivity (Wildman–Crippen MR) is 104 cm³/mol. The first-order valence-electron chi connectivity index (χ1n) is 7.76. The van der Waals surface area contributed by atoms with Crippen LogP contribution in [0.25, 0.3) is 0 Å². The van der Waals surface area contributed by atoms with Gasteiger partial charge in [-0.15, -0.1) is 0 Å². The SMILES string of the molecule is C[N+](C)(C)c1ccc([S][Hg][S]c2ccc([N+](C)(C)C)cc2)cc1. The van der Waals surface area contributed by atoms with E-state index in [9.17, 15) is 0 Å². The van der Waals surface area contributed by atoms with Gasteiger partial charge in [0, 0.05) is 0 Å². The molecule has 0 spiro atoms. The van der Waals surface area contributed by atoms with E-state index < -0.39 is 21.5 Å². The van der Waals surface area contributed by atoms with E-state index in [0.717, 1.165) is 8.97 Å². The van der Waals surface area contributed by atoms with Crippen LogP contribution in [0.5, 0.6) is 0 Å². The van der Waals surface area contributed by atoms with Gasteiger partial charge in [0.2, 0.25) is 0 Å². The van der Waals surface area contributed by atoms with Crippen molar-refractivity contribution in [1.29, 1.82) is 0 Å². The van der Waals surface area contributed by atoms with Crippen LogP contribution in [0.1, 0.15) is 0 Å². The molecule has 2 aromatic carbocycles. The molecule has 0 unspecified atom stereocenters. The van der Waals surface area contributed by atoms with Gasteiger partial charge in [-0.2, -0.15) is 0 Å². The van der Waals surface area contributed by atoms with Crippen LogP contribution in [0, 0.1) is 0 Å². The number of rotatable bonds is 6. The van der Waals surface area contributed by atoms with Crippen molar-refractivity contribution in [3.05, 3.63) is 48.5 Å². The van der Waals surface area contributed by atoms with Crippen LogP contribution in [0.3, 0.4) is 0 Å². The van der Waals surface area contributed by atoms with Gasteiger partial charge in [-0.25, -0.2) is 0 Å². The minimum atomic E-state index is -1.03. The third-order valence-corrected chi connectivity index (χ3v) is 21.8. The van der Waals surface area contributed by atoms with E-state index >= 15 is 0 Å². The number of nitrogens with zero attached hydrogens (tertiary/aromatic N) is 2. The molecule has 120 valence electrons. The fraction of sp³-hybridized carbons (Fsp3) is 0.333. The van der Waals surface area contributed by atoms with Crippen LogP contribution < -0.4 is 8.97 Å². The van der Waals surface area contributed by atoms with E-state index in [1.165, 1.54) is 21.2 Å². The zero-order valence-electron chi connectivity index (χ0n) is 15.0. The Balaban J connectivity index is 1.87. The predicted octanol–water partition coefficient (Wildman–Crippen LogP) is 4.88. The molecule has 0 saturated carbocycles. The van der Waals surface area contributed by atoms with Crippen LogP contribution in [0.2, 0.25) is 0 Å². The summed E-state index contributed by atoms with van der Waals surface area (Å²) in [6.45, 7) is 0. The quantitative estimate of drug-likeness (QED) is 0.383. The van der Waals surface area contributed by atoms with E-state index in [0.29, 0.717) is 0 Å². The summed E-state index contributed by atoms with van der Waals surface area (Å²) in [5.74, 6) is 0. The zero-order chi connectivity index (χ0) is 17.1. The second-order valence-corrected chi connectivity index (χ2v) is 24.9. The molecule has 0 aromatic heterocycles. The number of benzene rings is 2. The molecule has 2 nitrogen and oxygen atoms in total. The van der Waals surface area contributed by atoms with Crippen LogP contribution in [-0.2, 0) is 21.5 Å². The Labute approximate surface area is 158 Å². The molecule has 0 atom stereocenters. The third kappa shape index (κ3) is 6.09. The van der Waals surface area contributed by atoms with Crippen molar-refractivity contribution in [2.75, 3.05) is 42.3 Å². The monoisotopic (exact) mass is 536 g/mol. The van der Waals surface area contributed by atoms with Crippen molar-refractivity contribution < 1.29 is 21.5 Å². The van der Waals surface area contributed by atoms with Crippen LogP contribution >= 0.6 is 16.5 Å². The molecule has 0 bridgehead atoms. The standard InChI is InChI=1S/2C9H13NS.Hg/c2*1-10(2,3)8-4-6-9(11)7-5-8;/h2*4-7H,1-3H3;/q;;+2. The average Bonchev–Trinajstić information content (AvgIpc) is 2.46. The fourth-order valence-electron chi connectivity index (χ4n) is 2.14. The summed E-state index contributed by atoms with van der Waals surface area (Å²) in [5, 5.41) is 0. The fourth-order valence-corrected chi connectivity index (χ4v) is 20.2. The summed E-state index contributed by atoms with van der Waals surface area (Å²) in [7, 11) is 17.5. The molecule has 5 heteroatoms. The maximum atomic E-state index is 2.28. The van der Waals surface area contributed by atoms with E-state index in [4.69, 9.17) is 0 Å². The van der Waals surface area contributed by atoms with Gasteiger partial charge in [0.15, 0.2) is 0 Å². The second-order valence-electron chi connectivity index (χ2n) is 7.42. The van der Waals surface area contributed by atoms with Gasteiger partial charge in [0.05, 0.1) is 0 Å². The Kier molecular flexibility index (Phi) is 6.65. The van der Waals surface area contributed by atoms with E-state index in [-0.39, 0.29) is 0 Å². The van der Waals surface area contributed by atoms with Crippen molar-refractivity contribution in [2.45, 2.75) is 9.79 Å². The Bertz CT molecular complexity index is 569. The van der Waals surface area contributed by atoms with Crippen molar-refractivity contribution in [3.63, 3.8) is 0 Å². The zero-order valence-corrected chi connectivity index (χ0v) is 22.2. The Morgan fingerprint density at radius 1 is 0.565 bits per heavy atom. The molecule has 23 heavy (non-hydrogen) atoms. The Hall–Kier alpha value is -0.00494. The molecule has 0 fully saturated rings. The van der Waals surface area contributed by atoms with Crippen LogP contribution in [0.15, 0.2) is 58.3 Å². The summed E-state index contributed by atoms with van der Waals surface area (Å²) in [6.07, 6.45) is 0. The van der Waals surface area contributed by atoms with Gasteiger partial charge < -0.3 is 0 Å². The number of hydrogen-bond acceptors (Lipinski definition) is 2. The topological polar surface area (TPSA) is 0 Å². The van der Waals surface area contributed by atoms with Crippen molar-refractivity contribution >= 4 is 27.9 Å². The molecule has 0 aliphatic rings. The molecule has 0 aliphatic carbocycles. The van der Waals surface area contributed by atoms with Gasteiger partial charge in [-0.05, 0) is 0 Å². The van der Waals surface area contributed by atoms with Gasteiger partial charge in [0.25, 0.3) is 0 Å². The summed E-state index contributed by atoms with van der Waals surface area (Å²) in [6, 6.07) is 18.2. The molecule has 0 amide bonds. The molecule has 0 saturated heterocycles. The molecule has 2 aromatic rings. The van der Waals surface area contributed by atoms with E-state index in [2.05, 4.69) is 107 Å². The maximum absolute atomic E-state index is 2.28. The molecular weight excluding hydrogens is 509 g/mol. The third-order valence-electron chi connectivity index (χ3n) is 3.67. The van der Waals surface area contributed by atoms with E-state index in [1.54, 1.807) is 0 Å². The first-order valence-corrected chi connectivity index (χ1v) is 23.2. The molecule has 0 aliphatic heterocycles. The molecule has 0 heterocycles. The summed E-state index contributed by atoms with van der Waals surface area (Å²) >= 11 is -1.03. The molecule has 0 radical (unpaired) electrons. The van der Waals surface area contributed by atoms with Crippen LogP contribution in [-0.4, -0.2) is 42.3 Å².